The first-order chi connectivity index (χ1) is 4.43. The Morgan fingerprint density at radius 2 is 2.56 bits per heavy atom. The van der Waals surface area contributed by atoms with E-state index in [-0.39, 0.29) is 0 Å². The van der Waals surface area contributed by atoms with E-state index >= 15 is 0 Å². The average Bonchev–Trinajstić information content (AvgIpc) is 2.13. The van der Waals surface area contributed by atoms with Crippen LogP contribution in [0, 0.1) is 11.3 Å². The summed E-state index contributed by atoms with van der Waals surface area (Å²) in [4.78, 5) is 3.81. The van der Waals surface area contributed by atoms with Gasteiger partial charge in [-0.05, 0) is 11.5 Å². The van der Waals surface area contributed by atoms with Crippen molar-refractivity contribution in [3.8, 4) is 6.07 Å². The summed E-state index contributed by atoms with van der Waals surface area (Å²) < 4.78 is 0. The Labute approximate surface area is 57.6 Å². The largest absolute Gasteiger partial charge is 0.245 e. The fraction of sp³-hybridized carbons (Fsp3) is 0. The molecule has 3 heteroatoms. The van der Waals surface area contributed by atoms with Gasteiger partial charge in [-0.15, -0.1) is 11.8 Å². The predicted molar refractivity (Wildman–Crippen MR) is 38.9 cm³/mol. The van der Waals surface area contributed by atoms with Crippen LogP contribution in [0.4, 0.5) is 0 Å². The fourth-order valence-electron chi connectivity index (χ4n) is 0.393. The zero-order valence-corrected chi connectivity index (χ0v) is 5.43. The van der Waals surface area contributed by atoms with Crippen molar-refractivity contribution in [1.29, 1.82) is 5.26 Å². The molecule has 0 aromatic rings. The molecular weight excluding hydrogens is 132 g/mol. The molecule has 0 atom stereocenters. The smallest absolute Gasteiger partial charge is 0.147 e. The van der Waals surface area contributed by atoms with Crippen LogP contribution in [0.2, 0.25) is 0 Å². The third-order valence-corrected chi connectivity index (χ3v) is 1.42. The lowest BCUT2D eigenvalue weighted by atomic mass is 10.5. The van der Waals surface area contributed by atoms with E-state index in [9.17, 15) is 0 Å². The minimum atomic E-state index is 0.463. The monoisotopic (exact) mass is 136 g/mol. The molecule has 2 nitrogen and oxygen atoms in total. The third kappa shape index (κ3) is 1.74. The van der Waals surface area contributed by atoms with E-state index in [0.717, 1.165) is 0 Å². The van der Waals surface area contributed by atoms with Crippen LogP contribution in [0.1, 0.15) is 0 Å². The van der Waals surface area contributed by atoms with Crippen molar-refractivity contribution >= 4 is 18.0 Å². The number of rotatable bonds is 0. The number of nitrogens with zero attached hydrogens (tertiary/aromatic N) is 2. The third-order valence-electron chi connectivity index (χ3n) is 0.751. The number of allylic oxidation sites excluding steroid dienone is 2. The fourth-order valence-corrected chi connectivity index (χ4v) is 0.875. The highest BCUT2D eigenvalue weighted by Crippen LogP contribution is 2.10. The van der Waals surface area contributed by atoms with Crippen LogP contribution in [0.5, 0.6) is 0 Å². The van der Waals surface area contributed by atoms with Gasteiger partial charge in [-0.25, -0.2) is 4.99 Å². The Balaban J connectivity index is 2.78. The molecule has 0 saturated carbocycles. The second kappa shape index (κ2) is 3.10. The van der Waals surface area contributed by atoms with E-state index in [1.165, 1.54) is 11.8 Å². The Kier molecular flexibility index (Phi) is 2.11. The minimum absolute atomic E-state index is 0.463. The standard InChI is InChI=1S/C6H4N2S/c7-4-6-5-9-3-1-2-8-6/h1-3,5H. The lowest BCUT2D eigenvalue weighted by Crippen LogP contribution is -1.67. The molecule has 0 spiro atoms. The lowest BCUT2D eigenvalue weighted by Gasteiger charge is -1.79. The van der Waals surface area contributed by atoms with E-state index in [1.54, 1.807) is 17.7 Å². The van der Waals surface area contributed by atoms with Crippen LogP contribution in [0.25, 0.3) is 0 Å². The van der Waals surface area contributed by atoms with Crippen molar-refractivity contribution < 1.29 is 0 Å². The summed E-state index contributed by atoms with van der Waals surface area (Å²) in [6, 6.07) is 1.95. The van der Waals surface area contributed by atoms with Crippen molar-refractivity contribution in [2.24, 2.45) is 4.99 Å². The van der Waals surface area contributed by atoms with Gasteiger partial charge in [0.2, 0.25) is 0 Å². The second-order valence-corrected chi connectivity index (χ2v) is 2.14. The van der Waals surface area contributed by atoms with E-state index in [0.29, 0.717) is 5.70 Å². The molecule has 0 bridgehead atoms. The molecule has 0 radical (unpaired) electrons. The maximum Gasteiger partial charge on any atom is 0.147 e. The number of aliphatic imine (C=N–C) groups is 1. The molecule has 0 fully saturated rings. The van der Waals surface area contributed by atoms with Gasteiger partial charge in [0, 0.05) is 11.6 Å². The van der Waals surface area contributed by atoms with E-state index in [2.05, 4.69) is 4.99 Å². The number of nitriles is 1. The average molecular weight is 136 g/mol. The molecule has 0 N–H and O–H groups in total. The molecule has 9 heavy (non-hydrogen) atoms. The van der Waals surface area contributed by atoms with Crippen LogP contribution in [0.3, 0.4) is 0 Å². The maximum absolute atomic E-state index is 8.34. The Hall–Kier alpha value is -1.01. The minimum Gasteiger partial charge on any atom is -0.245 e. The number of thioether (sulfide) groups is 1. The van der Waals surface area contributed by atoms with Crippen molar-refractivity contribution in [3.05, 3.63) is 22.6 Å². The molecule has 0 aromatic heterocycles. The van der Waals surface area contributed by atoms with Gasteiger partial charge in [-0.2, -0.15) is 5.26 Å². The molecule has 0 aliphatic carbocycles. The highest BCUT2D eigenvalue weighted by atomic mass is 32.2. The van der Waals surface area contributed by atoms with E-state index < -0.39 is 0 Å². The van der Waals surface area contributed by atoms with Crippen LogP contribution in [-0.4, -0.2) is 6.21 Å². The zero-order chi connectivity index (χ0) is 6.53. The maximum atomic E-state index is 8.34. The van der Waals surface area contributed by atoms with Gasteiger partial charge in [0.1, 0.15) is 11.8 Å². The molecular formula is C6H4N2S. The Morgan fingerprint density at radius 1 is 1.67 bits per heavy atom. The van der Waals surface area contributed by atoms with Crippen LogP contribution >= 0.6 is 11.8 Å². The Bertz CT molecular complexity index is 220. The van der Waals surface area contributed by atoms with E-state index in [1.807, 2.05) is 11.5 Å². The van der Waals surface area contributed by atoms with Gasteiger partial charge in [0.05, 0.1) is 0 Å². The summed E-state index contributed by atoms with van der Waals surface area (Å²) in [7, 11) is 0. The van der Waals surface area contributed by atoms with Crippen molar-refractivity contribution in [2.45, 2.75) is 0 Å². The lowest BCUT2D eigenvalue weighted by molar-refractivity contribution is 1.41. The topological polar surface area (TPSA) is 36.1 Å². The van der Waals surface area contributed by atoms with Crippen LogP contribution in [0.15, 0.2) is 27.6 Å². The second-order valence-electron chi connectivity index (χ2n) is 1.36. The molecule has 1 rings (SSSR count). The first-order valence-electron chi connectivity index (χ1n) is 2.38. The molecule has 1 aliphatic heterocycles. The number of hydrogen-bond acceptors (Lipinski definition) is 3. The van der Waals surface area contributed by atoms with E-state index in [4.69, 9.17) is 5.26 Å². The Morgan fingerprint density at radius 3 is 3.33 bits per heavy atom. The van der Waals surface area contributed by atoms with Gasteiger partial charge in [-0.1, -0.05) is 0 Å². The molecule has 0 saturated heterocycles. The van der Waals surface area contributed by atoms with Gasteiger partial charge in [0.25, 0.3) is 0 Å². The summed E-state index contributed by atoms with van der Waals surface area (Å²) in [6.45, 7) is 0. The molecule has 0 unspecified atom stereocenters. The zero-order valence-electron chi connectivity index (χ0n) is 4.61. The number of hydrogen-bond donors (Lipinski definition) is 0. The summed E-state index contributed by atoms with van der Waals surface area (Å²) in [5.41, 5.74) is 0.463. The first kappa shape index (κ1) is 6.12. The highest BCUT2D eigenvalue weighted by Gasteiger charge is 1.88. The van der Waals surface area contributed by atoms with Gasteiger partial charge in [-0.3, -0.25) is 0 Å². The first-order valence-corrected chi connectivity index (χ1v) is 3.32. The molecule has 0 aromatic carbocycles. The molecule has 1 heterocycles. The van der Waals surface area contributed by atoms with Crippen molar-refractivity contribution in [3.63, 3.8) is 0 Å². The van der Waals surface area contributed by atoms with Gasteiger partial charge < -0.3 is 0 Å². The predicted octanol–water partition coefficient (Wildman–Crippen LogP) is 1.68. The molecule has 1 aliphatic rings. The van der Waals surface area contributed by atoms with Crippen LogP contribution in [-0.2, 0) is 0 Å². The van der Waals surface area contributed by atoms with Crippen molar-refractivity contribution in [2.75, 3.05) is 0 Å². The quantitative estimate of drug-likeness (QED) is 0.508. The molecule has 44 valence electrons. The SMILES string of the molecule is N#CC1=CSC=CC=N1. The van der Waals surface area contributed by atoms with Crippen LogP contribution < -0.4 is 0 Å². The van der Waals surface area contributed by atoms with Crippen molar-refractivity contribution in [1.82, 2.24) is 0 Å². The summed E-state index contributed by atoms with van der Waals surface area (Å²) in [5, 5.41) is 11.9. The normalized spacial score (nSPS) is 16.1. The van der Waals surface area contributed by atoms with Gasteiger partial charge in [0.15, 0.2) is 0 Å². The highest BCUT2D eigenvalue weighted by molar-refractivity contribution is 8.04. The summed E-state index contributed by atoms with van der Waals surface area (Å²) >= 11 is 1.46. The molecule has 0 amide bonds. The summed E-state index contributed by atoms with van der Waals surface area (Å²) in [6.07, 6.45) is 3.40. The van der Waals surface area contributed by atoms with Gasteiger partial charge >= 0.3 is 0 Å². The summed E-state index contributed by atoms with van der Waals surface area (Å²) in [5.74, 6) is 0.